The third-order valence-electron chi connectivity index (χ3n) is 4.86. The largest absolute Gasteiger partial charge is 0.324 e. The molecule has 2 heterocycles. The molecule has 7 heteroatoms. The van der Waals surface area contributed by atoms with E-state index >= 15 is 0 Å². The Balaban J connectivity index is 1.63. The Kier molecular flexibility index (Phi) is 4.99. The number of hydrogen-bond donors (Lipinski definition) is 1. The number of hydrogen-bond acceptors (Lipinski definition) is 4. The maximum atomic E-state index is 13.0. The van der Waals surface area contributed by atoms with E-state index in [9.17, 15) is 13.2 Å². The van der Waals surface area contributed by atoms with E-state index in [2.05, 4.69) is 5.32 Å². The second-order valence-corrected chi connectivity index (χ2v) is 9.64. The van der Waals surface area contributed by atoms with E-state index in [1.165, 1.54) is 15.6 Å². The number of nitrogens with zero attached hydrogens (tertiary/aromatic N) is 1. The zero-order valence-electron chi connectivity index (χ0n) is 14.7. The van der Waals surface area contributed by atoms with Crippen LogP contribution in [0.5, 0.6) is 0 Å². The quantitative estimate of drug-likeness (QED) is 0.717. The molecule has 0 aliphatic carbocycles. The topological polar surface area (TPSA) is 66.5 Å². The first kappa shape index (κ1) is 18.2. The van der Waals surface area contributed by atoms with Crippen LogP contribution in [0.1, 0.15) is 19.3 Å². The van der Waals surface area contributed by atoms with Gasteiger partial charge in [-0.15, -0.1) is 11.3 Å². The van der Waals surface area contributed by atoms with Crippen molar-refractivity contribution in [1.29, 1.82) is 0 Å². The number of anilines is 1. The summed E-state index contributed by atoms with van der Waals surface area (Å²) < 4.78 is 27.6. The summed E-state index contributed by atoms with van der Waals surface area (Å²) in [5.74, 6) is -0.272. The van der Waals surface area contributed by atoms with Crippen molar-refractivity contribution in [2.24, 2.45) is 0 Å². The summed E-state index contributed by atoms with van der Waals surface area (Å²) >= 11 is 1.18. The van der Waals surface area contributed by atoms with Gasteiger partial charge in [0.05, 0.1) is 0 Å². The number of thiophene rings is 1. The fourth-order valence-electron chi connectivity index (χ4n) is 3.53. The molecule has 0 unspecified atom stereocenters. The average Bonchev–Trinajstić information content (AvgIpc) is 3.24. The molecule has 1 N–H and O–H groups in total. The summed E-state index contributed by atoms with van der Waals surface area (Å²) in [5, 5.41) is 6.67. The molecular formula is C20H20N2O3S2. The number of carbonyl (C=O) groups is 1. The molecular weight excluding hydrogens is 380 g/mol. The highest BCUT2D eigenvalue weighted by Crippen LogP contribution is 2.29. The molecule has 0 bridgehead atoms. The normalized spacial score (nSPS) is 18.4. The van der Waals surface area contributed by atoms with E-state index in [0.29, 0.717) is 18.7 Å². The van der Waals surface area contributed by atoms with Gasteiger partial charge in [0.1, 0.15) is 10.3 Å². The van der Waals surface area contributed by atoms with E-state index < -0.39 is 16.1 Å². The number of nitrogens with one attached hydrogen (secondary N) is 1. The van der Waals surface area contributed by atoms with Crippen LogP contribution < -0.4 is 5.32 Å². The van der Waals surface area contributed by atoms with Crippen LogP contribution in [0.2, 0.25) is 0 Å². The van der Waals surface area contributed by atoms with Crippen LogP contribution in [0.3, 0.4) is 0 Å². The predicted octanol–water partition coefficient (Wildman–Crippen LogP) is 4.08. The van der Waals surface area contributed by atoms with Crippen LogP contribution >= 0.6 is 11.3 Å². The van der Waals surface area contributed by atoms with Gasteiger partial charge in [0.15, 0.2) is 0 Å². The lowest BCUT2D eigenvalue weighted by molar-refractivity contribution is -0.120. The van der Waals surface area contributed by atoms with Gasteiger partial charge in [-0.25, -0.2) is 8.42 Å². The molecule has 1 aliphatic rings. The lowest BCUT2D eigenvalue weighted by Gasteiger charge is -2.33. The monoisotopic (exact) mass is 400 g/mol. The molecule has 0 spiro atoms. The van der Waals surface area contributed by atoms with Gasteiger partial charge < -0.3 is 5.32 Å². The SMILES string of the molecule is O=C(Nc1cccc2ccccc12)[C@@H]1CCCCN1S(=O)(=O)c1cccs1. The highest BCUT2D eigenvalue weighted by atomic mass is 32.2. The average molecular weight is 401 g/mol. The first-order valence-corrected chi connectivity index (χ1v) is 11.2. The van der Waals surface area contributed by atoms with Gasteiger partial charge in [0.2, 0.25) is 5.91 Å². The second-order valence-electron chi connectivity index (χ2n) is 6.58. The number of carbonyl (C=O) groups excluding carboxylic acids is 1. The molecule has 140 valence electrons. The number of sulfonamides is 1. The molecule has 1 fully saturated rings. The number of rotatable bonds is 4. The minimum absolute atomic E-state index is 0.272. The van der Waals surface area contributed by atoms with Crippen molar-refractivity contribution < 1.29 is 13.2 Å². The van der Waals surface area contributed by atoms with Crippen LogP contribution in [0.4, 0.5) is 5.69 Å². The molecule has 1 amide bonds. The maximum Gasteiger partial charge on any atom is 0.253 e. The Morgan fingerprint density at radius 1 is 1.04 bits per heavy atom. The fraction of sp³-hybridized carbons (Fsp3) is 0.250. The molecule has 5 nitrogen and oxygen atoms in total. The van der Waals surface area contributed by atoms with Gasteiger partial charge in [-0.05, 0) is 35.7 Å². The van der Waals surface area contributed by atoms with Gasteiger partial charge in [0.25, 0.3) is 10.0 Å². The van der Waals surface area contributed by atoms with Crippen LogP contribution in [-0.2, 0) is 14.8 Å². The molecule has 27 heavy (non-hydrogen) atoms. The lowest BCUT2D eigenvalue weighted by Crippen LogP contribution is -2.49. The van der Waals surface area contributed by atoms with E-state index in [1.807, 2.05) is 42.5 Å². The molecule has 1 aromatic heterocycles. The van der Waals surface area contributed by atoms with E-state index in [1.54, 1.807) is 17.5 Å². The number of piperidine rings is 1. The summed E-state index contributed by atoms with van der Waals surface area (Å²) in [5.41, 5.74) is 0.706. The highest BCUT2D eigenvalue weighted by molar-refractivity contribution is 7.91. The first-order chi connectivity index (χ1) is 13.1. The summed E-state index contributed by atoms with van der Waals surface area (Å²) in [4.78, 5) is 13.0. The standard InChI is InChI=1S/C20H20N2O3S2/c23-20(21-17-10-5-8-15-7-1-2-9-16(15)17)18-11-3-4-13-22(18)27(24,25)19-12-6-14-26-19/h1-2,5-10,12,14,18H,3-4,11,13H2,(H,21,23)/t18-/m0/s1. The number of benzene rings is 2. The van der Waals surface area contributed by atoms with E-state index in [0.717, 1.165) is 23.6 Å². The zero-order valence-corrected chi connectivity index (χ0v) is 16.3. The molecule has 1 atom stereocenters. The Morgan fingerprint density at radius 2 is 1.85 bits per heavy atom. The van der Waals surface area contributed by atoms with Crippen molar-refractivity contribution in [3.8, 4) is 0 Å². The smallest absolute Gasteiger partial charge is 0.253 e. The zero-order chi connectivity index (χ0) is 18.9. The Morgan fingerprint density at radius 3 is 2.67 bits per heavy atom. The van der Waals surface area contributed by atoms with Gasteiger partial charge in [-0.2, -0.15) is 4.31 Å². The maximum absolute atomic E-state index is 13.0. The first-order valence-electron chi connectivity index (χ1n) is 8.91. The molecule has 1 saturated heterocycles. The summed E-state index contributed by atoms with van der Waals surface area (Å²) in [7, 11) is -3.66. The second kappa shape index (κ2) is 7.42. The highest BCUT2D eigenvalue weighted by Gasteiger charge is 2.38. The Labute approximate surface area is 162 Å². The van der Waals surface area contributed by atoms with Crippen molar-refractivity contribution in [3.63, 3.8) is 0 Å². The summed E-state index contributed by atoms with van der Waals surface area (Å²) in [6.45, 7) is 0.369. The molecule has 0 radical (unpaired) electrons. The van der Waals surface area contributed by atoms with Crippen molar-refractivity contribution in [3.05, 3.63) is 60.0 Å². The third-order valence-corrected chi connectivity index (χ3v) is 8.14. The molecule has 2 aromatic carbocycles. The van der Waals surface area contributed by atoms with Crippen molar-refractivity contribution in [2.45, 2.75) is 29.5 Å². The van der Waals surface area contributed by atoms with Crippen LogP contribution in [0.25, 0.3) is 10.8 Å². The molecule has 3 aromatic rings. The predicted molar refractivity (Wildman–Crippen MR) is 108 cm³/mol. The number of amides is 1. The van der Waals surface area contributed by atoms with Crippen LogP contribution in [-0.4, -0.2) is 31.2 Å². The van der Waals surface area contributed by atoms with Gasteiger partial charge >= 0.3 is 0 Å². The molecule has 0 saturated carbocycles. The Bertz CT molecular complexity index is 1060. The van der Waals surface area contributed by atoms with E-state index in [-0.39, 0.29) is 10.1 Å². The van der Waals surface area contributed by atoms with Crippen molar-refractivity contribution in [2.75, 3.05) is 11.9 Å². The van der Waals surface area contributed by atoms with Gasteiger partial charge in [0, 0.05) is 17.6 Å². The number of fused-ring (bicyclic) bond motifs is 1. The van der Waals surface area contributed by atoms with Gasteiger partial charge in [-0.3, -0.25) is 4.79 Å². The molecule has 4 rings (SSSR count). The van der Waals surface area contributed by atoms with Crippen molar-refractivity contribution >= 4 is 43.7 Å². The van der Waals surface area contributed by atoms with Crippen LogP contribution in [0, 0.1) is 0 Å². The minimum Gasteiger partial charge on any atom is -0.324 e. The summed E-state index contributed by atoms with van der Waals surface area (Å²) in [6, 6.07) is 16.1. The van der Waals surface area contributed by atoms with E-state index in [4.69, 9.17) is 0 Å². The van der Waals surface area contributed by atoms with Crippen LogP contribution in [0.15, 0.2) is 64.2 Å². The van der Waals surface area contributed by atoms with Gasteiger partial charge in [-0.1, -0.05) is 48.9 Å². The fourth-order valence-corrected chi connectivity index (χ4v) is 6.31. The summed E-state index contributed by atoms with van der Waals surface area (Å²) in [6.07, 6.45) is 2.13. The lowest BCUT2D eigenvalue weighted by atomic mass is 10.0. The molecule has 1 aliphatic heterocycles. The Hall–Kier alpha value is -2.22. The third kappa shape index (κ3) is 3.50. The van der Waals surface area contributed by atoms with Crippen molar-refractivity contribution in [1.82, 2.24) is 4.31 Å². The minimum atomic E-state index is -3.66.